The van der Waals surface area contributed by atoms with E-state index in [1.165, 1.54) is 5.57 Å². The maximum Gasteiger partial charge on any atom is 0.309 e. The molecule has 0 unspecified atom stereocenters. The fourth-order valence-corrected chi connectivity index (χ4v) is 8.74. The molecule has 0 radical (unpaired) electrons. The van der Waals surface area contributed by atoms with Crippen molar-refractivity contribution in [2.45, 2.75) is 86.5 Å². The fraction of sp³-hybridized carbons (Fsp3) is 0.655. The summed E-state index contributed by atoms with van der Waals surface area (Å²) in [6.07, 6.45) is 13.0. The number of carbonyl (C=O) groups is 1. The van der Waals surface area contributed by atoms with Crippen LogP contribution in [0, 0.1) is 33.0 Å². The Morgan fingerprint density at radius 3 is 2.32 bits per heavy atom. The van der Waals surface area contributed by atoms with Gasteiger partial charge in [0.25, 0.3) is 0 Å². The van der Waals surface area contributed by atoms with Gasteiger partial charge < -0.3 is 15.4 Å². The zero-order valence-electron chi connectivity index (χ0n) is 21.5. The summed E-state index contributed by atoms with van der Waals surface area (Å²) in [4.78, 5) is 12.3. The molecule has 0 aromatic carbocycles. The van der Waals surface area contributed by atoms with Crippen LogP contribution in [-0.4, -0.2) is 27.1 Å². The molecule has 0 aromatic heterocycles. The van der Waals surface area contributed by atoms with Gasteiger partial charge in [0.1, 0.15) is 11.5 Å². The maximum atomic E-state index is 12.3. The molecule has 0 aromatic rings. The molecule has 5 rings (SSSR count). The van der Waals surface area contributed by atoms with Crippen molar-refractivity contribution < 1.29 is 20.2 Å². The maximum absolute atomic E-state index is 12.3. The average Bonchev–Trinajstić information content (AvgIpc) is 2.79. The van der Waals surface area contributed by atoms with Gasteiger partial charge in [0.2, 0.25) is 0 Å². The normalized spacial score (nSPS) is 46.9. The molecule has 0 saturated heterocycles. The number of oxime groups is 1. The van der Waals surface area contributed by atoms with E-state index in [2.05, 4.69) is 45.0 Å². The minimum absolute atomic E-state index is 0.00393. The predicted octanol–water partition coefficient (Wildman–Crippen LogP) is 6.96. The van der Waals surface area contributed by atoms with Crippen molar-refractivity contribution in [3.63, 3.8) is 0 Å². The molecule has 0 heterocycles. The summed E-state index contributed by atoms with van der Waals surface area (Å²) in [6, 6.07) is 0. The summed E-state index contributed by atoms with van der Waals surface area (Å²) >= 11 is 0. The molecular weight excluding hydrogens is 426 g/mol. The van der Waals surface area contributed by atoms with Crippen LogP contribution in [0.5, 0.6) is 0 Å². The van der Waals surface area contributed by atoms with Crippen LogP contribution in [0.15, 0.2) is 51.4 Å². The monoisotopic (exact) mass is 465 g/mol. The van der Waals surface area contributed by atoms with Gasteiger partial charge in [0.05, 0.1) is 5.41 Å². The first-order valence-electron chi connectivity index (χ1n) is 12.8. The summed E-state index contributed by atoms with van der Waals surface area (Å²) in [5.41, 5.74) is 3.81. The van der Waals surface area contributed by atoms with Crippen LogP contribution in [-0.2, 0) is 4.79 Å². The summed E-state index contributed by atoms with van der Waals surface area (Å²) in [7, 11) is 0. The molecule has 3 fully saturated rings. The standard InChI is InChI=1S/C29H39NO4/c1-17-18-7-8-21-27(4,19(18)15-20(30-34)23(17)31)12-14-29(6)22-16-26(3,24(32)33)10-9-25(22,2)11-13-28(21,29)5/h7-8,15,22,31,34H,9-14,16H2,1-6H3,(H,32,33)/b30-20+/t22-,25-,26-,27+,28-,29+/m1/s1. The predicted molar refractivity (Wildman–Crippen MR) is 133 cm³/mol. The van der Waals surface area contributed by atoms with Crippen LogP contribution in [0.3, 0.4) is 0 Å². The van der Waals surface area contributed by atoms with E-state index in [0.29, 0.717) is 5.92 Å². The number of aliphatic hydroxyl groups excluding tert-OH is 1. The summed E-state index contributed by atoms with van der Waals surface area (Å²) in [5, 5.41) is 33.5. The second kappa shape index (κ2) is 6.89. The number of allylic oxidation sites excluding steroid dienone is 7. The third kappa shape index (κ3) is 2.67. The highest BCUT2D eigenvalue weighted by Gasteiger charge is 2.67. The van der Waals surface area contributed by atoms with Crippen LogP contribution < -0.4 is 0 Å². The van der Waals surface area contributed by atoms with Gasteiger partial charge in [0.15, 0.2) is 0 Å². The molecule has 0 spiro atoms. The van der Waals surface area contributed by atoms with Crippen molar-refractivity contribution in [1.82, 2.24) is 0 Å². The van der Waals surface area contributed by atoms with E-state index < -0.39 is 11.4 Å². The largest absolute Gasteiger partial charge is 0.505 e. The van der Waals surface area contributed by atoms with Gasteiger partial charge in [0, 0.05) is 11.0 Å². The average molecular weight is 466 g/mol. The van der Waals surface area contributed by atoms with Gasteiger partial charge in [-0.25, -0.2) is 0 Å². The second-order valence-corrected chi connectivity index (χ2v) is 13.0. The van der Waals surface area contributed by atoms with E-state index in [4.69, 9.17) is 0 Å². The Kier molecular flexibility index (Phi) is 4.75. The van der Waals surface area contributed by atoms with E-state index in [1.54, 1.807) is 0 Å². The number of hydrogen-bond acceptors (Lipinski definition) is 4. The number of hydrogen-bond donors (Lipinski definition) is 3. The molecule has 0 bridgehead atoms. The van der Waals surface area contributed by atoms with Crippen molar-refractivity contribution in [3.05, 3.63) is 46.3 Å². The Morgan fingerprint density at radius 2 is 1.68 bits per heavy atom. The Hall–Kier alpha value is -2.30. The van der Waals surface area contributed by atoms with Crippen LogP contribution in [0.2, 0.25) is 0 Å². The first-order valence-corrected chi connectivity index (χ1v) is 12.8. The van der Waals surface area contributed by atoms with Crippen molar-refractivity contribution in [2.24, 2.45) is 38.1 Å². The molecule has 184 valence electrons. The van der Waals surface area contributed by atoms with Crippen LogP contribution in [0.4, 0.5) is 0 Å². The minimum atomic E-state index is -0.655. The number of carboxylic acid groups (broad SMARTS) is 1. The number of nitrogens with zero attached hydrogens (tertiary/aromatic N) is 1. The molecule has 0 aliphatic heterocycles. The van der Waals surface area contributed by atoms with Gasteiger partial charge in [-0.05, 0) is 98.2 Å². The number of aliphatic hydroxyl groups is 1. The quantitative estimate of drug-likeness (QED) is 0.288. The molecule has 3 saturated carbocycles. The van der Waals surface area contributed by atoms with E-state index in [-0.39, 0.29) is 33.1 Å². The molecule has 6 atom stereocenters. The summed E-state index contributed by atoms with van der Waals surface area (Å²) < 4.78 is 0. The van der Waals surface area contributed by atoms with Crippen molar-refractivity contribution in [3.8, 4) is 0 Å². The molecule has 0 amide bonds. The van der Waals surface area contributed by atoms with Crippen LogP contribution in [0.25, 0.3) is 0 Å². The first kappa shape index (κ1) is 23.4. The highest BCUT2D eigenvalue weighted by molar-refractivity contribution is 6.10. The summed E-state index contributed by atoms with van der Waals surface area (Å²) in [5.74, 6) is -0.265. The third-order valence-electron chi connectivity index (χ3n) is 11.5. The molecule has 5 aliphatic carbocycles. The number of carboxylic acids is 1. The van der Waals surface area contributed by atoms with Crippen molar-refractivity contribution in [1.29, 1.82) is 0 Å². The number of aliphatic carboxylic acids is 1. The Bertz CT molecular complexity index is 1140. The smallest absolute Gasteiger partial charge is 0.309 e. The lowest BCUT2D eigenvalue weighted by atomic mass is 9.34. The summed E-state index contributed by atoms with van der Waals surface area (Å²) in [6.45, 7) is 13.4. The third-order valence-corrected chi connectivity index (χ3v) is 11.5. The zero-order valence-corrected chi connectivity index (χ0v) is 21.5. The van der Waals surface area contributed by atoms with Crippen molar-refractivity contribution in [2.75, 3.05) is 0 Å². The lowest BCUT2D eigenvalue weighted by Crippen LogP contribution is -2.62. The fourth-order valence-electron chi connectivity index (χ4n) is 8.74. The van der Waals surface area contributed by atoms with E-state index >= 15 is 0 Å². The molecule has 34 heavy (non-hydrogen) atoms. The van der Waals surface area contributed by atoms with Gasteiger partial charge in [-0.1, -0.05) is 50.6 Å². The van der Waals surface area contributed by atoms with Crippen LogP contribution >= 0.6 is 0 Å². The van der Waals surface area contributed by atoms with Gasteiger partial charge in [-0.2, -0.15) is 0 Å². The molecule has 5 aliphatic rings. The lowest BCUT2D eigenvalue weighted by Gasteiger charge is -2.70. The SMILES string of the molecule is CC1=C(O)/C(=N/O)C=C2C1=CC=C1[C@@]2(C)CC[C@@]2(C)[C@@H]3C[C@](C)(C(=O)O)CC[C@]3(C)CC[C@]12C. The first-order chi connectivity index (χ1) is 15.8. The highest BCUT2D eigenvalue weighted by atomic mass is 16.4. The Morgan fingerprint density at radius 1 is 1.00 bits per heavy atom. The minimum Gasteiger partial charge on any atom is -0.505 e. The van der Waals surface area contributed by atoms with Gasteiger partial charge in [-0.15, -0.1) is 0 Å². The van der Waals surface area contributed by atoms with Crippen LogP contribution in [0.1, 0.15) is 86.5 Å². The number of fused-ring (bicyclic) bond motifs is 7. The van der Waals surface area contributed by atoms with Gasteiger partial charge in [-0.3, -0.25) is 4.79 Å². The Balaban J connectivity index is 1.65. The Labute approximate surface area is 203 Å². The topological polar surface area (TPSA) is 90.1 Å². The van der Waals surface area contributed by atoms with E-state index in [9.17, 15) is 20.2 Å². The van der Waals surface area contributed by atoms with E-state index in [1.807, 2.05) is 19.9 Å². The zero-order chi connectivity index (χ0) is 24.9. The van der Waals surface area contributed by atoms with Gasteiger partial charge >= 0.3 is 5.97 Å². The number of rotatable bonds is 1. The lowest BCUT2D eigenvalue weighted by molar-refractivity contribution is -0.178. The molecular formula is C29H39NO4. The second-order valence-electron chi connectivity index (χ2n) is 13.0. The highest BCUT2D eigenvalue weighted by Crippen LogP contribution is 2.75. The van der Waals surface area contributed by atoms with E-state index in [0.717, 1.165) is 61.7 Å². The molecule has 5 heteroatoms. The molecule has 5 nitrogen and oxygen atoms in total. The molecule has 3 N–H and O–H groups in total. The van der Waals surface area contributed by atoms with Crippen molar-refractivity contribution >= 4 is 11.7 Å².